The van der Waals surface area contributed by atoms with Crippen LogP contribution in [0.4, 0.5) is 11.4 Å². The van der Waals surface area contributed by atoms with Gasteiger partial charge in [0.2, 0.25) is 5.91 Å². The van der Waals surface area contributed by atoms with E-state index in [0.717, 1.165) is 5.69 Å². The van der Waals surface area contributed by atoms with Gasteiger partial charge in [0.1, 0.15) is 0 Å². The number of hydrogen-bond acceptors (Lipinski definition) is 4. The van der Waals surface area contributed by atoms with Crippen molar-refractivity contribution in [3.8, 4) is 0 Å². The number of fused-ring (bicyclic) bond motifs is 1. The number of nitrogens with zero attached hydrogens (tertiary/aromatic N) is 1. The molecule has 5 heteroatoms. The van der Waals surface area contributed by atoms with Crippen LogP contribution in [-0.4, -0.2) is 32.1 Å². The SMILES string of the molecule is C=CCN1CCC(=O)Nc2cc(C(=O)OC)ccc21. The summed E-state index contributed by atoms with van der Waals surface area (Å²) in [4.78, 5) is 25.2. The summed E-state index contributed by atoms with van der Waals surface area (Å²) in [5.74, 6) is -0.480. The summed E-state index contributed by atoms with van der Waals surface area (Å²) in [6.07, 6.45) is 2.20. The maximum atomic E-state index is 11.7. The topological polar surface area (TPSA) is 58.6 Å². The molecule has 0 radical (unpaired) electrons. The molecule has 0 unspecified atom stereocenters. The van der Waals surface area contributed by atoms with Crippen LogP contribution in [0.5, 0.6) is 0 Å². The van der Waals surface area contributed by atoms with E-state index in [2.05, 4.69) is 16.6 Å². The van der Waals surface area contributed by atoms with E-state index < -0.39 is 5.97 Å². The Morgan fingerprint density at radius 1 is 1.58 bits per heavy atom. The fourth-order valence-electron chi connectivity index (χ4n) is 2.07. The van der Waals surface area contributed by atoms with Crippen LogP contribution in [0.1, 0.15) is 16.8 Å². The van der Waals surface area contributed by atoms with Crippen molar-refractivity contribution in [1.29, 1.82) is 0 Å². The monoisotopic (exact) mass is 260 g/mol. The van der Waals surface area contributed by atoms with E-state index in [1.165, 1.54) is 7.11 Å². The lowest BCUT2D eigenvalue weighted by Gasteiger charge is -2.22. The van der Waals surface area contributed by atoms with Crippen LogP contribution in [0.15, 0.2) is 30.9 Å². The number of amides is 1. The van der Waals surface area contributed by atoms with Gasteiger partial charge in [0, 0.05) is 19.5 Å². The maximum Gasteiger partial charge on any atom is 0.337 e. The van der Waals surface area contributed by atoms with Crippen molar-refractivity contribution in [2.45, 2.75) is 6.42 Å². The van der Waals surface area contributed by atoms with Gasteiger partial charge in [-0.1, -0.05) is 6.08 Å². The number of anilines is 2. The Morgan fingerprint density at radius 3 is 3.05 bits per heavy atom. The molecular weight excluding hydrogens is 244 g/mol. The van der Waals surface area contributed by atoms with Gasteiger partial charge in [-0.25, -0.2) is 4.79 Å². The zero-order valence-corrected chi connectivity index (χ0v) is 10.8. The highest BCUT2D eigenvalue weighted by molar-refractivity contribution is 5.99. The number of rotatable bonds is 3. The number of carbonyl (C=O) groups is 2. The fraction of sp³-hybridized carbons (Fsp3) is 0.286. The first-order valence-electron chi connectivity index (χ1n) is 6.03. The van der Waals surface area contributed by atoms with Crippen LogP contribution in [0.25, 0.3) is 0 Å². The molecule has 2 rings (SSSR count). The van der Waals surface area contributed by atoms with Gasteiger partial charge in [0.25, 0.3) is 0 Å². The summed E-state index contributed by atoms with van der Waals surface area (Å²) in [5, 5.41) is 2.81. The van der Waals surface area contributed by atoms with Crippen molar-refractivity contribution in [2.24, 2.45) is 0 Å². The Balaban J connectivity index is 2.42. The molecular formula is C14H16N2O3. The highest BCUT2D eigenvalue weighted by Crippen LogP contribution is 2.30. The number of esters is 1. The third-order valence-corrected chi connectivity index (χ3v) is 2.99. The minimum Gasteiger partial charge on any atom is -0.465 e. The maximum absolute atomic E-state index is 11.7. The Morgan fingerprint density at radius 2 is 2.37 bits per heavy atom. The molecule has 19 heavy (non-hydrogen) atoms. The molecule has 0 fully saturated rings. The predicted molar refractivity (Wildman–Crippen MR) is 73.4 cm³/mol. The zero-order chi connectivity index (χ0) is 13.8. The van der Waals surface area contributed by atoms with Gasteiger partial charge >= 0.3 is 5.97 Å². The number of hydrogen-bond donors (Lipinski definition) is 1. The second kappa shape index (κ2) is 5.56. The second-order valence-electron chi connectivity index (χ2n) is 4.26. The van der Waals surface area contributed by atoms with Gasteiger partial charge in [-0.05, 0) is 18.2 Å². The molecule has 1 aliphatic heterocycles. The van der Waals surface area contributed by atoms with Gasteiger partial charge in [-0.2, -0.15) is 0 Å². The number of benzene rings is 1. The number of carbonyl (C=O) groups excluding carboxylic acids is 2. The molecule has 1 aromatic carbocycles. The first-order valence-corrected chi connectivity index (χ1v) is 6.03. The lowest BCUT2D eigenvalue weighted by molar-refractivity contribution is -0.115. The third kappa shape index (κ3) is 2.76. The minimum atomic E-state index is -0.420. The third-order valence-electron chi connectivity index (χ3n) is 2.99. The van der Waals surface area contributed by atoms with Crippen LogP contribution in [0.2, 0.25) is 0 Å². The van der Waals surface area contributed by atoms with Crippen LogP contribution in [-0.2, 0) is 9.53 Å². The Labute approximate surface area is 111 Å². The fourth-order valence-corrected chi connectivity index (χ4v) is 2.07. The number of ether oxygens (including phenoxy) is 1. The highest BCUT2D eigenvalue weighted by atomic mass is 16.5. The van der Waals surface area contributed by atoms with E-state index in [9.17, 15) is 9.59 Å². The van der Waals surface area contributed by atoms with Crippen molar-refractivity contribution in [3.63, 3.8) is 0 Å². The predicted octanol–water partition coefficient (Wildman–Crippen LogP) is 1.81. The Hall–Kier alpha value is -2.30. The van der Waals surface area contributed by atoms with Crippen molar-refractivity contribution in [1.82, 2.24) is 0 Å². The van der Waals surface area contributed by atoms with Crippen LogP contribution in [0, 0.1) is 0 Å². The van der Waals surface area contributed by atoms with E-state index >= 15 is 0 Å². The first-order chi connectivity index (χ1) is 9.15. The van der Waals surface area contributed by atoms with Gasteiger partial charge in [0.15, 0.2) is 0 Å². The van der Waals surface area contributed by atoms with Crippen molar-refractivity contribution >= 4 is 23.3 Å². The van der Waals surface area contributed by atoms with Gasteiger partial charge < -0.3 is 15.0 Å². The van der Waals surface area contributed by atoms with Crippen molar-refractivity contribution < 1.29 is 14.3 Å². The summed E-state index contributed by atoms with van der Waals surface area (Å²) in [5.41, 5.74) is 1.94. The molecule has 100 valence electrons. The highest BCUT2D eigenvalue weighted by Gasteiger charge is 2.19. The van der Waals surface area contributed by atoms with Gasteiger partial charge in [-0.3, -0.25) is 4.79 Å². The molecule has 1 aliphatic rings. The quantitative estimate of drug-likeness (QED) is 0.665. The molecule has 1 heterocycles. The van der Waals surface area contributed by atoms with E-state index in [4.69, 9.17) is 0 Å². The lowest BCUT2D eigenvalue weighted by atomic mass is 10.1. The lowest BCUT2D eigenvalue weighted by Crippen LogP contribution is -2.24. The molecule has 0 bridgehead atoms. The Bertz CT molecular complexity index is 525. The summed E-state index contributed by atoms with van der Waals surface area (Å²) in [7, 11) is 1.33. The smallest absolute Gasteiger partial charge is 0.337 e. The summed E-state index contributed by atoms with van der Waals surface area (Å²) >= 11 is 0. The molecule has 0 spiro atoms. The number of methoxy groups -OCH3 is 1. The van der Waals surface area contributed by atoms with Crippen molar-refractivity contribution in [3.05, 3.63) is 36.4 Å². The molecule has 0 aliphatic carbocycles. The van der Waals surface area contributed by atoms with Crippen LogP contribution >= 0.6 is 0 Å². The van der Waals surface area contributed by atoms with E-state index in [1.807, 2.05) is 11.0 Å². The molecule has 1 N–H and O–H groups in total. The van der Waals surface area contributed by atoms with E-state index in [1.54, 1.807) is 18.2 Å². The summed E-state index contributed by atoms with van der Waals surface area (Å²) < 4.78 is 4.68. The minimum absolute atomic E-state index is 0.0603. The molecule has 0 saturated carbocycles. The molecule has 0 saturated heterocycles. The van der Waals surface area contributed by atoms with Crippen molar-refractivity contribution in [2.75, 3.05) is 30.4 Å². The normalized spacial score (nSPS) is 14.2. The first kappa shape index (κ1) is 13.1. The summed E-state index contributed by atoms with van der Waals surface area (Å²) in [6.45, 7) is 4.99. The van der Waals surface area contributed by atoms with Gasteiger partial charge in [0.05, 0.1) is 24.0 Å². The van der Waals surface area contributed by atoms with E-state index in [0.29, 0.717) is 30.8 Å². The second-order valence-corrected chi connectivity index (χ2v) is 4.26. The van der Waals surface area contributed by atoms with Gasteiger partial charge in [-0.15, -0.1) is 6.58 Å². The largest absolute Gasteiger partial charge is 0.465 e. The molecule has 5 nitrogen and oxygen atoms in total. The molecule has 0 atom stereocenters. The number of nitrogens with one attached hydrogen (secondary N) is 1. The molecule has 0 aromatic heterocycles. The average Bonchev–Trinajstić information content (AvgIpc) is 2.57. The van der Waals surface area contributed by atoms with Crippen LogP contribution < -0.4 is 10.2 Å². The van der Waals surface area contributed by atoms with Crippen LogP contribution in [0.3, 0.4) is 0 Å². The molecule has 1 amide bonds. The standard InChI is InChI=1S/C14H16N2O3/c1-3-7-16-8-6-13(17)15-11-9-10(14(18)19-2)4-5-12(11)16/h3-5,9H,1,6-8H2,2H3,(H,15,17). The summed E-state index contributed by atoms with van der Waals surface area (Å²) in [6, 6.07) is 5.15. The zero-order valence-electron chi connectivity index (χ0n) is 10.8. The average molecular weight is 260 g/mol. The molecule has 1 aromatic rings. The Kier molecular flexibility index (Phi) is 3.85. The van der Waals surface area contributed by atoms with E-state index in [-0.39, 0.29) is 5.91 Å².